The van der Waals surface area contributed by atoms with Crippen molar-refractivity contribution in [2.24, 2.45) is 11.3 Å². The number of amides is 1. The van der Waals surface area contributed by atoms with E-state index < -0.39 is 42.5 Å². The summed E-state index contributed by atoms with van der Waals surface area (Å²) in [6.45, 7) is -0.657. The Hall–Kier alpha value is -2.25. The van der Waals surface area contributed by atoms with E-state index in [1.54, 1.807) is 30.3 Å². The second-order valence-electron chi connectivity index (χ2n) is 5.17. The first-order valence-corrected chi connectivity index (χ1v) is 6.50. The number of hydrogen-bond donors (Lipinski definition) is 2. The molecule has 22 heavy (non-hydrogen) atoms. The summed E-state index contributed by atoms with van der Waals surface area (Å²) >= 11 is 0. The van der Waals surface area contributed by atoms with Crippen molar-refractivity contribution in [1.82, 2.24) is 5.32 Å². The molecule has 1 aliphatic carbocycles. The number of aliphatic carboxylic acids is 1. The molecule has 2 atom stereocenters. The average Bonchev–Trinajstić information content (AvgIpc) is 3.20. The Morgan fingerprint density at radius 1 is 1.32 bits per heavy atom. The van der Waals surface area contributed by atoms with Gasteiger partial charge in [-0.05, 0) is 12.0 Å². The lowest BCUT2D eigenvalue weighted by molar-refractivity contribution is -0.168. The number of alkyl carbamates (subject to hydrolysis) is 1. The maximum atomic E-state index is 12.6. The van der Waals surface area contributed by atoms with E-state index in [2.05, 4.69) is 5.32 Å². The SMILES string of the molecule is O=C(NCC1(C(=O)O)CC1C(F)(F)F)OCc1ccccc1. The van der Waals surface area contributed by atoms with Gasteiger partial charge in [0.05, 0.1) is 11.3 Å². The standard InChI is InChI=1S/C14H14F3NO4/c15-14(16,17)10-6-13(10,11(19)20)8-18-12(21)22-7-9-4-2-1-3-5-9/h1-5,10H,6-8H2,(H,18,21)(H,19,20). The maximum absolute atomic E-state index is 12.6. The third kappa shape index (κ3) is 3.49. The van der Waals surface area contributed by atoms with Gasteiger partial charge in [-0.1, -0.05) is 30.3 Å². The molecule has 2 N–H and O–H groups in total. The van der Waals surface area contributed by atoms with Crippen molar-refractivity contribution in [2.75, 3.05) is 6.54 Å². The van der Waals surface area contributed by atoms with E-state index in [1.807, 2.05) is 0 Å². The third-order valence-corrected chi connectivity index (χ3v) is 3.66. The molecule has 0 heterocycles. The molecule has 0 aromatic heterocycles. The van der Waals surface area contributed by atoms with E-state index in [9.17, 15) is 22.8 Å². The number of benzene rings is 1. The Morgan fingerprint density at radius 3 is 2.45 bits per heavy atom. The van der Waals surface area contributed by atoms with Crippen LogP contribution in [0.2, 0.25) is 0 Å². The normalized spacial score (nSPS) is 23.7. The van der Waals surface area contributed by atoms with Gasteiger partial charge < -0.3 is 15.2 Å². The maximum Gasteiger partial charge on any atom is 0.407 e. The molecule has 1 aromatic rings. The zero-order chi connectivity index (χ0) is 16.4. The van der Waals surface area contributed by atoms with Crippen molar-refractivity contribution in [2.45, 2.75) is 19.2 Å². The van der Waals surface area contributed by atoms with Crippen LogP contribution in [0.15, 0.2) is 30.3 Å². The Morgan fingerprint density at radius 2 is 1.95 bits per heavy atom. The van der Waals surface area contributed by atoms with Crippen molar-refractivity contribution in [3.05, 3.63) is 35.9 Å². The molecule has 120 valence electrons. The fourth-order valence-electron chi connectivity index (χ4n) is 2.25. The van der Waals surface area contributed by atoms with Crippen LogP contribution in [-0.4, -0.2) is 29.9 Å². The molecule has 1 amide bonds. The first-order valence-electron chi connectivity index (χ1n) is 6.50. The molecule has 5 nitrogen and oxygen atoms in total. The van der Waals surface area contributed by atoms with Crippen molar-refractivity contribution in [3.63, 3.8) is 0 Å². The smallest absolute Gasteiger partial charge is 0.407 e. The van der Waals surface area contributed by atoms with Gasteiger partial charge in [0, 0.05) is 6.54 Å². The fourth-order valence-corrected chi connectivity index (χ4v) is 2.25. The molecule has 1 aromatic carbocycles. The van der Waals surface area contributed by atoms with Crippen LogP contribution < -0.4 is 5.32 Å². The highest BCUT2D eigenvalue weighted by atomic mass is 19.4. The first kappa shape index (κ1) is 16.1. The molecule has 0 saturated heterocycles. The predicted octanol–water partition coefficient (Wildman–Crippen LogP) is 2.57. The molecule has 0 aliphatic heterocycles. The molecule has 0 radical (unpaired) electrons. The summed E-state index contributed by atoms with van der Waals surface area (Å²) in [5, 5.41) is 11.1. The summed E-state index contributed by atoms with van der Waals surface area (Å²) in [4.78, 5) is 22.5. The molecule has 2 rings (SSSR count). The van der Waals surface area contributed by atoms with Gasteiger partial charge in [-0.2, -0.15) is 13.2 Å². The number of alkyl halides is 3. The number of rotatable bonds is 5. The lowest BCUT2D eigenvalue weighted by Gasteiger charge is -2.15. The van der Waals surface area contributed by atoms with Crippen LogP contribution >= 0.6 is 0 Å². The highest BCUT2D eigenvalue weighted by molar-refractivity contribution is 5.80. The quantitative estimate of drug-likeness (QED) is 0.875. The van der Waals surface area contributed by atoms with Gasteiger partial charge in [-0.15, -0.1) is 0 Å². The highest BCUT2D eigenvalue weighted by Crippen LogP contribution is 2.60. The summed E-state index contributed by atoms with van der Waals surface area (Å²) in [5.41, 5.74) is -1.27. The van der Waals surface area contributed by atoms with Gasteiger partial charge in [-0.25, -0.2) is 4.79 Å². The molecule has 1 fully saturated rings. The first-order chi connectivity index (χ1) is 10.3. The Labute approximate surface area is 124 Å². The molecular formula is C14H14F3NO4. The zero-order valence-electron chi connectivity index (χ0n) is 11.4. The van der Waals surface area contributed by atoms with Crippen molar-refractivity contribution in [3.8, 4) is 0 Å². The second-order valence-corrected chi connectivity index (χ2v) is 5.17. The minimum Gasteiger partial charge on any atom is -0.481 e. The molecule has 1 saturated carbocycles. The van der Waals surface area contributed by atoms with Crippen LogP contribution in [-0.2, 0) is 16.1 Å². The van der Waals surface area contributed by atoms with Crippen molar-refractivity contribution >= 4 is 12.1 Å². The molecule has 1 aliphatic rings. The summed E-state index contributed by atoms with van der Waals surface area (Å²) in [5.74, 6) is -3.51. The minimum absolute atomic E-state index is 0.0462. The van der Waals surface area contributed by atoms with Crippen LogP contribution in [0.4, 0.5) is 18.0 Å². The van der Waals surface area contributed by atoms with Crippen LogP contribution in [0.5, 0.6) is 0 Å². The fraction of sp³-hybridized carbons (Fsp3) is 0.429. The Kier molecular flexibility index (Phi) is 4.30. The second kappa shape index (κ2) is 5.86. The van der Waals surface area contributed by atoms with E-state index in [1.165, 1.54) is 0 Å². The number of carboxylic acid groups (broad SMARTS) is 1. The van der Waals surface area contributed by atoms with Gasteiger partial charge in [0.1, 0.15) is 6.61 Å². The number of ether oxygens (including phenoxy) is 1. The van der Waals surface area contributed by atoms with E-state index in [-0.39, 0.29) is 6.61 Å². The minimum atomic E-state index is -4.59. The monoisotopic (exact) mass is 317 g/mol. The molecular weight excluding hydrogens is 303 g/mol. The largest absolute Gasteiger partial charge is 0.481 e. The van der Waals surface area contributed by atoms with Crippen LogP contribution in [0.1, 0.15) is 12.0 Å². The van der Waals surface area contributed by atoms with Gasteiger partial charge in [0.2, 0.25) is 0 Å². The molecule has 0 spiro atoms. The Bertz CT molecular complexity index is 561. The number of carbonyl (C=O) groups excluding carboxylic acids is 1. The third-order valence-electron chi connectivity index (χ3n) is 3.66. The average molecular weight is 317 g/mol. The lowest BCUT2D eigenvalue weighted by Crippen LogP contribution is -2.37. The number of nitrogens with one attached hydrogen (secondary N) is 1. The van der Waals surface area contributed by atoms with Crippen LogP contribution in [0.3, 0.4) is 0 Å². The molecule has 0 bridgehead atoms. The topological polar surface area (TPSA) is 75.6 Å². The van der Waals surface area contributed by atoms with Crippen LogP contribution in [0, 0.1) is 11.3 Å². The number of carbonyl (C=O) groups is 2. The van der Waals surface area contributed by atoms with Gasteiger partial charge in [-0.3, -0.25) is 4.79 Å². The summed E-state index contributed by atoms with van der Waals surface area (Å²) < 4.78 is 42.6. The van der Waals surface area contributed by atoms with Gasteiger partial charge in [0.15, 0.2) is 0 Å². The van der Waals surface area contributed by atoms with E-state index in [4.69, 9.17) is 9.84 Å². The van der Waals surface area contributed by atoms with Crippen LogP contribution in [0.25, 0.3) is 0 Å². The molecule has 2 unspecified atom stereocenters. The van der Waals surface area contributed by atoms with Gasteiger partial charge in [0.25, 0.3) is 0 Å². The summed E-state index contributed by atoms with van der Waals surface area (Å²) in [7, 11) is 0. The van der Waals surface area contributed by atoms with E-state index in [0.717, 1.165) is 0 Å². The highest BCUT2D eigenvalue weighted by Gasteiger charge is 2.71. The predicted molar refractivity (Wildman–Crippen MR) is 68.9 cm³/mol. The van der Waals surface area contributed by atoms with Crippen molar-refractivity contribution < 1.29 is 32.6 Å². The molecule has 8 heteroatoms. The van der Waals surface area contributed by atoms with E-state index in [0.29, 0.717) is 5.56 Å². The summed E-state index contributed by atoms with van der Waals surface area (Å²) in [6.07, 6.45) is -6.07. The Balaban J connectivity index is 1.84. The number of hydrogen-bond acceptors (Lipinski definition) is 3. The number of halogens is 3. The van der Waals surface area contributed by atoms with Crippen molar-refractivity contribution in [1.29, 1.82) is 0 Å². The number of carboxylic acids is 1. The summed E-state index contributed by atoms with van der Waals surface area (Å²) in [6, 6.07) is 8.70. The van der Waals surface area contributed by atoms with E-state index >= 15 is 0 Å². The van der Waals surface area contributed by atoms with Gasteiger partial charge >= 0.3 is 18.2 Å². The lowest BCUT2D eigenvalue weighted by atomic mass is 10.0. The zero-order valence-corrected chi connectivity index (χ0v) is 11.4.